The van der Waals surface area contributed by atoms with Gasteiger partial charge in [0.25, 0.3) is 0 Å². The molecule has 26 nitrogen and oxygen atoms in total. The lowest BCUT2D eigenvalue weighted by atomic mass is 10.0. The molecule has 17 rings (SSSR count). The van der Waals surface area contributed by atoms with Crippen molar-refractivity contribution in [1.82, 2.24) is 60.2 Å². The molecule has 0 saturated carbocycles. The topological polar surface area (TPSA) is 351 Å². The number of nitriles is 3. The van der Waals surface area contributed by atoms with Gasteiger partial charge in [0.05, 0.1) is 11.6 Å². The molecular formula is C92H88Br3N17O9. The zero-order valence-corrected chi connectivity index (χ0v) is 72.1. The molecule has 0 spiro atoms. The van der Waals surface area contributed by atoms with Gasteiger partial charge in [0.1, 0.15) is 35.4 Å². The quantitative estimate of drug-likeness (QED) is 0.0377. The fraction of sp³-hybridized carbons (Fsp3) is 0.261. The number of likely N-dealkylation sites (tertiary alicyclic amines) is 4. The summed E-state index contributed by atoms with van der Waals surface area (Å²) in [5.74, 6) is 4.23. The minimum atomic E-state index is -0.540. The molecule has 3 unspecified atom stereocenters. The average Bonchev–Trinajstić information content (AvgIpc) is 1.62. The van der Waals surface area contributed by atoms with Crippen LogP contribution in [0.2, 0.25) is 0 Å². The van der Waals surface area contributed by atoms with E-state index in [1.54, 1.807) is 43.9 Å². The maximum absolute atomic E-state index is 12.5. The Labute approximate surface area is 726 Å². The third-order valence-corrected chi connectivity index (χ3v) is 20.9. The molecule has 4 fully saturated rings. The molecule has 121 heavy (non-hydrogen) atoms. The van der Waals surface area contributed by atoms with E-state index in [1.165, 1.54) is 0 Å². The lowest BCUT2D eigenvalue weighted by Crippen LogP contribution is -2.36. The number of nitrogens with zero attached hydrogens (tertiary/aromatic N) is 16. The van der Waals surface area contributed by atoms with Gasteiger partial charge in [-0.05, 0) is 187 Å². The van der Waals surface area contributed by atoms with E-state index in [0.29, 0.717) is 71.1 Å². The molecular weight excluding hydrogens is 1730 g/mol. The van der Waals surface area contributed by atoms with Crippen LogP contribution in [0.25, 0.3) is 78.9 Å². The molecule has 4 aliphatic heterocycles. The van der Waals surface area contributed by atoms with Crippen molar-refractivity contribution < 1.29 is 42.4 Å². The number of rotatable bonds is 12. The van der Waals surface area contributed by atoms with Gasteiger partial charge in [-0.3, -0.25) is 19.6 Å². The molecule has 2 amide bonds. The van der Waals surface area contributed by atoms with Crippen LogP contribution in [-0.4, -0.2) is 121 Å². The van der Waals surface area contributed by atoms with Gasteiger partial charge in [-0.15, -0.1) is 0 Å². The molecule has 13 aromatic rings. The standard InChI is InChI=1S/C23H25N3O3.2C19H16N4O.C17H20BrN3O3.C7H7BrN2O.C7H4BrN/c1-23(2,3)28-22(27)26-14-8-13-19(26)21-24-20(25-29-21)18-12-7-11-17(15-18)16-9-5-4-6-10-16;2*20-13-23-11-5-10-17(23)19-21-18(22-24-19)16-9-4-8-15(12-16)14-6-2-1-3-7-14;1-17(2,3)23-16(22)21-9-5-8-13(21)15-19-14(20-24-15)11-6-4-7-12(18)10-11;8-6-3-1-2-5(4-6)7(9)10-11;8-7-3-1-2-6(4-7)5-9/h4-7,9-12,15,19H,8,13-14H2,1-3H3;2*1-4,6-9,12,17H,5,10-11H2;4,6-7,10,13H,5,8-9H2,1-3H3;1-4,11H,(H2,9,10);1-4H/t;17-;;;;/m.0..../s1. The number of carbonyl (C=O) groups is 2. The molecule has 616 valence electrons. The summed E-state index contributed by atoms with van der Waals surface area (Å²) in [6.45, 7) is 13.9. The Morgan fingerprint density at radius 3 is 1.04 bits per heavy atom. The van der Waals surface area contributed by atoms with Gasteiger partial charge in [-0.25, -0.2) is 9.59 Å². The van der Waals surface area contributed by atoms with Gasteiger partial charge in [0, 0.05) is 67.4 Å². The number of amidine groups is 1. The summed E-state index contributed by atoms with van der Waals surface area (Å²) < 4.78 is 35.6. The number of carbonyl (C=O) groups excluding carboxylic acids is 2. The highest BCUT2D eigenvalue weighted by Gasteiger charge is 2.39. The van der Waals surface area contributed by atoms with Crippen molar-refractivity contribution in [3.63, 3.8) is 0 Å². The molecule has 0 aliphatic carbocycles. The number of halogens is 3. The summed E-state index contributed by atoms with van der Waals surface area (Å²) in [6, 6.07) is 78.3. The third-order valence-electron chi connectivity index (χ3n) is 19.4. The smallest absolute Gasteiger partial charge is 0.410 e. The molecule has 0 bridgehead atoms. The summed E-state index contributed by atoms with van der Waals surface area (Å²) in [7, 11) is 0. The average molecular weight is 1820 g/mol. The first kappa shape index (κ1) is 87.2. The van der Waals surface area contributed by atoms with Crippen molar-refractivity contribution in [3.05, 3.63) is 285 Å². The monoisotopic (exact) mass is 1810 g/mol. The first-order valence-corrected chi connectivity index (χ1v) is 41.7. The summed E-state index contributed by atoms with van der Waals surface area (Å²) >= 11 is 9.95. The van der Waals surface area contributed by atoms with Crippen LogP contribution in [0.15, 0.2) is 273 Å². The van der Waals surface area contributed by atoms with E-state index in [-0.39, 0.29) is 42.2 Å². The number of hydrogen-bond donors (Lipinski definition) is 2. The molecule has 29 heteroatoms. The second kappa shape index (κ2) is 41.5. The zero-order valence-electron chi connectivity index (χ0n) is 67.4. The second-order valence-electron chi connectivity index (χ2n) is 30.4. The number of amides is 2. The number of nitrogens with two attached hydrogens (primary N) is 1. The van der Waals surface area contributed by atoms with E-state index in [9.17, 15) is 20.1 Å². The van der Waals surface area contributed by atoms with Crippen LogP contribution in [0.4, 0.5) is 9.59 Å². The molecule has 9 aromatic carbocycles. The number of oxime groups is 1. The lowest BCUT2D eigenvalue weighted by Gasteiger charge is -2.27. The summed E-state index contributed by atoms with van der Waals surface area (Å²) in [5.41, 5.74) is 16.0. The van der Waals surface area contributed by atoms with Crippen molar-refractivity contribution in [2.24, 2.45) is 10.9 Å². The first-order chi connectivity index (χ1) is 58.5. The second-order valence-corrected chi connectivity index (χ2v) is 33.1. The summed E-state index contributed by atoms with van der Waals surface area (Å²) in [6.07, 6.45) is 10.7. The van der Waals surface area contributed by atoms with Gasteiger partial charge >= 0.3 is 12.2 Å². The van der Waals surface area contributed by atoms with Crippen LogP contribution < -0.4 is 5.73 Å². The highest BCUT2D eigenvalue weighted by molar-refractivity contribution is 9.11. The van der Waals surface area contributed by atoms with Crippen LogP contribution in [0.5, 0.6) is 0 Å². The van der Waals surface area contributed by atoms with E-state index < -0.39 is 11.2 Å². The largest absolute Gasteiger partial charge is 0.444 e. The van der Waals surface area contributed by atoms with E-state index in [1.807, 2.05) is 193 Å². The maximum Gasteiger partial charge on any atom is 0.410 e. The van der Waals surface area contributed by atoms with Crippen LogP contribution in [0, 0.1) is 34.2 Å². The van der Waals surface area contributed by atoms with Gasteiger partial charge in [-0.1, -0.05) is 249 Å². The Morgan fingerprint density at radius 1 is 0.405 bits per heavy atom. The molecule has 4 saturated heterocycles. The predicted octanol–water partition coefficient (Wildman–Crippen LogP) is 22.0. The van der Waals surface area contributed by atoms with Crippen molar-refractivity contribution >= 4 is 65.8 Å². The number of benzene rings is 9. The van der Waals surface area contributed by atoms with Crippen LogP contribution in [-0.2, 0) is 9.47 Å². The fourth-order valence-electron chi connectivity index (χ4n) is 13.7. The maximum atomic E-state index is 12.5. The summed E-state index contributed by atoms with van der Waals surface area (Å²) in [4.78, 5) is 49.8. The van der Waals surface area contributed by atoms with Gasteiger partial charge < -0.3 is 38.5 Å². The minimum absolute atomic E-state index is 0.0893. The molecule has 0 radical (unpaired) electrons. The van der Waals surface area contributed by atoms with Crippen LogP contribution in [0.1, 0.15) is 152 Å². The van der Waals surface area contributed by atoms with E-state index in [2.05, 4.69) is 173 Å². The van der Waals surface area contributed by atoms with Gasteiger partial charge in [0.15, 0.2) is 18.2 Å². The fourth-order valence-corrected chi connectivity index (χ4v) is 14.9. The van der Waals surface area contributed by atoms with Gasteiger partial charge in [-0.2, -0.15) is 35.7 Å². The van der Waals surface area contributed by atoms with Crippen molar-refractivity contribution in [2.45, 2.75) is 128 Å². The van der Waals surface area contributed by atoms with Crippen LogP contribution in [0.3, 0.4) is 0 Å². The Morgan fingerprint density at radius 2 is 0.711 bits per heavy atom. The Bertz CT molecular complexity index is 5630. The highest BCUT2D eigenvalue weighted by Crippen LogP contribution is 2.39. The van der Waals surface area contributed by atoms with Crippen molar-refractivity contribution in [3.8, 4) is 97.4 Å². The molecule has 4 aromatic heterocycles. The lowest BCUT2D eigenvalue weighted by molar-refractivity contribution is 0.0190. The Balaban J connectivity index is 0.000000137. The normalized spacial score (nSPS) is 16.0. The van der Waals surface area contributed by atoms with Crippen molar-refractivity contribution in [2.75, 3.05) is 26.2 Å². The minimum Gasteiger partial charge on any atom is -0.444 e. The van der Waals surface area contributed by atoms with Gasteiger partial charge in [0.2, 0.25) is 46.9 Å². The first-order valence-electron chi connectivity index (χ1n) is 39.3. The molecule has 3 N–H and O–H groups in total. The SMILES string of the molecule is CC(C)(C)OC(=O)N1CCCC1c1nc(-c2cccc(-c3ccccc3)c2)no1.CC(C)(C)OC(=O)N1CCCC1c1nc(-c2cccc(Br)c2)no1.N#CN1CCCC1c1nc(-c2cccc(-c3ccccc3)c2)no1.N#CN1CCC[C@H]1c1nc(-c2cccc(-c3ccccc3)c2)no1.N#Cc1cccc(Br)c1.N/C(=N\O)c1cccc(Br)c1. The van der Waals surface area contributed by atoms with Crippen LogP contribution >= 0.6 is 47.8 Å². The van der Waals surface area contributed by atoms with E-state index >= 15 is 0 Å². The third kappa shape index (κ3) is 24.1. The summed E-state index contributed by atoms with van der Waals surface area (Å²) in [5, 5.41) is 54.4. The number of hydrogen-bond acceptors (Lipinski definition) is 23. The molecule has 4 aliphatic rings. The highest BCUT2D eigenvalue weighted by atomic mass is 79.9. The number of aromatic nitrogens is 8. The molecule has 8 heterocycles. The Kier molecular flexibility index (Phi) is 29.9. The van der Waals surface area contributed by atoms with E-state index in [0.717, 1.165) is 134 Å². The zero-order chi connectivity index (χ0) is 85.4. The van der Waals surface area contributed by atoms with E-state index in [4.69, 9.17) is 43.8 Å². The predicted molar refractivity (Wildman–Crippen MR) is 467 cm³/mol. The Hall–Kier alpha value is -13.1. The number of ether oxygens (including phenoxy) is 2. The molecule has 4 atom stereocenters. The van der Waals surface area contributed by atoms with Crippen molar-refractivity contribution in [1.29, 1.82) is 15.8 Å².